The van der Waals surface area contributed by atoms with E-state index in [4.69, 9.17) is 9.26 Å². The summed E-state index contributed by atoms with van der Waals surface area (Å²) in [5.41, 5.74) is 7.15. The first-order valence-corrected chi connectivity index (χ1v) is 7.87. The van der Waals surface area contributed by atoms with Crippen LogP contribution in [0.15, 0.2) is 28.8 Å². The molecule has 0 atom stereocenters. The summed E-state index contributed by atoms with van der Waals surface area (Å²) in [5.74, 6) is 0.691. The Hall–Kier alpha value is -3.03. The average molecular weight is 346 g/mol. The van der Waals surface area contributed by atoms with Crippen LogP contribution in [0.3, 0.4) is 0 Å². The number of hydrogen-bond acceptors (Lipinski definition) is 6. The smallest absolute Gasteiger partial charge is 0.257 e. The van der Waals surface area contributed by atoms with Gasteiger partial charge in [0.2, 0.25) is 5.91 Å². The number of benzene rings is 1. The van der Waals surface area contributed by atoms with E-state index >= 15 is 0 Å². The van der Waals surface area contributed by atoms with Crippen LogP contribution >= 0.6 is 0 Å². The number of rotatable bonds is 7. The molecule has 0 fully saturated rings. The molecule has 2 aromatic rings. The van der Waals surface area contributed by atoms with Gasteiger partial charge in [0.15, 0.2) is 0 Å². The SMILES string of the molecule is COc1ccccc1NCC(=O)NNC(=O)CCc1c(C)noc1C. The molecule has 1 aromatic carbocycles. The summed E-state index contributed by atoms with van der Waals surface area (Å²) < 4.78 is 10.2. The summed E-state index contributed by atoms with van der Waals surface area (Å²) >= 11 is 0. The summed E-state index contributed by atoms with van der Waals surface area (Å²) in [4.78, 5) is 23.6. The third kappa shape index (κ3) is 5.23. The highest BCUT2D eigenvalue weighted by atomic mass is 16.5. The van der Waals surface area contributed by atoms with E-state index < -0.39 is 0 Å². The van der Waals surface area contributed by atoms with Gasteiger partial charge < -0.3 is 14.6 Å². The molecule has 0 radical (unpaired) electrons. The first kappa shape index (κ1) is 18.3. The van der Waals surface area contributed by atoms with Crippen molar-refractivity contribution in [2.24, 2.45) is 0 Å². The second-order valence-electron chi connectivity index (χ2n) is 5.45. The number of nitrogens with one attached hydrogen (secondary N) is 3. The number of aryl methyl sites for hydroxylation is 2. The maximum Gasteiger partial charge on any atom is 0.257 e. The molecule has 0 aliphatic carbocycles. The number of para-hydroxylation sites is 2. The van der Waals surface area contributed by atoms with Gasteiger partial charge in [-0.25, -0.2) is 0 Å². The van der Waals surface area contributed by atoms with Crippen LogP contribution in [0.4, 0.5) is 5.69 Å². The van der Waals surface area contributed by atoms with Gasteiger partial charge >= 0.3 is 0 Å². The van der Waals surface area contributed by atoms with Crippen molar-refractivity contribution < 1.29 is 18.8 Å². The molecule has 0 saturated carbocycles. The van der Waals surface area contributed by atoms with E-state index in [-0.39, 0.29) is 24.8 Å². The Kier molecular flexibility index (Phi) is 6.39. The fourth-order valence-electron chi connectivity index (χ4n) is 2.31. The van der Waals surface area contributed by atoms with Crippen molar-refractivity contribution >= 4 is 17.5 Å². The van der Waals surface area contributed by atoms with E-state index in [9.17, 15) is 9.59 Å². The van der Waals surface area contributed by atoms with Crippen LogP contribution in [0.5, 0.6) is 5.75 Å². The highest BCUT2D eigenvalue weighted by Crippen LogP contribution is 2.22. The summed E-state index contributed by atoms with van der Waals surface area (Å²) in [6.07, 6.45) is 0.728. The van der Waals surface area contributed by atoms with Crippen LogP contribution in [0.1, 0.15) is 23.4 Å². The molecule has 0 aliphatic rings. The van der Waals surface area contributed by atoms with E-state index in [2.05, 4.69) is 21.3 Å². The van der Waals surface area contributed by atoms with Crippen molar-refractivity contribution in [1.82, 2.24) is 16.0 Å². The Balaban J connectivity index is 1.71. The van der Waals surface area contributed by atoms with Gasteiger partial charge in [-0.3, -0.25) is 20.4 Å². The Morgan fingerprint density at radius 3 is 2.56 bits per heavy atom. The van der Waals surface area contributed by atoms with Crippen molar-refractivity contribution in [3.05, 3.63) is 41.3 Å². The summed E-state index contributed by atoms with van der Waals surface area (Å²) in [7, 11) is 1.56. The predicted octanol–water partition coefficient (Wildman–Crippen LogP) is 1.49. The molecule has 8 heteroatoms. The van der Waals surface area contributed by atoms with Crippen molar-refractivity contribution in [3.8, 4) is 5.75 Å². The minimum absolute atomic E-state index is 0.00448. The topological polar surface area (TPSA) is 105 Å². The maximum atomic E-state index is 11.8. The minimum atomic E-state index is -0.364. The van der Waals surface area contributed by atoms with Gasteiger partial charge in [-0.15, -0.1) is 0 Å². The first-order chi connectivity index (χ1) is 12.0. The lowest BCUT2D eigenvalue weighted by molar-refractivity contribution is -0.128. The van der Waals surface area contributed by atoms with Crippen molar-refractivity contribution in [1.29, 1.82) is 0 Å². The zero-order valence-electron chi connectivity index (χ0n) is 14.5. The number of ether oxygens (including phenoxy) is 1. The molecular formula is C17H22N4O4. The number of carbonyl (C=O) groups is 2. The normalized spacial score (nSPS) is 10.2. The van der Waals surface area contributed by atoms with Crippen molar-refractivity contribution in [2.75, 3.05) is 19.0 Å². The Labute approximate surface area is 145 Å². The molecule has 134 valence electrons. The van der Waals surface area contributed by atoms with Gasteiger partial charge in [-0.1, -0.05) is 17.3 Å². The second kappa shape index (κ2) is 8.72. The van der Waals surface area contributed by atoms with Crippen LogP contribution < -0.4 is 20.9 Å². The monoisotopic (exact) mass is 346 g/mol. The molecule has 2 amide bonds. The van der Waals surface area contributed by atoms with E-state index in [1.54, 1.807) is 26.2 Å². The standard InChI is InChI=1S/C17H22N4O4/c1-11-13(12(2)25-21-11)8-9-16(22)19-20-17(23)10-18-14-6-4-5-7-15(14)24-3/h4-7,18H,8-10H2,1-3H3,(H,19,22)(H,20,23). The quantitative estimate of drug-likeness (QED) is 0.656. The van der Waals surface area contributed by atoms with Gasteiger partial charge in [0.25, 0.3) is 5.91 Å². The van der Waals surface area contributed by atoms with Crippen LogP contribution in [0.2, 0.25) is 0 Å². The molecule has 2 rings (SSSR count). The Morgan fingerprint density at radius 2 is 1.88 bits per heavy atom. The number of carbonyl (C=O) groups excluding carboxylic acids is 2. The molecule has 8 nitrogen and oxygen atoms in total. The van der Waals surface area contributed by atoms with Crippen LogP contribution in [-0.4, -0.2) is 30.6 Å². The third-order valence-corrected chi connectivity index (χ3v) is 3.67. The lowest BCUT2D eigenvalue weighted by atomic mass is 10.1. The summed E-state index contributed by atoms with van der Waals surface area (Å²) in [6.45, 7) is 3.64. The largest absolute Gasteiger partial charge is 0.495 e. The van der Waals surface area contributed by atoms with Gasteiger partial charge in [0.05, 0.1) is 25.0 Å². The lowest BCUT2D eigenvalue weighted by Crippen LogP contribution is -2.44. The highest BCUT2D eigenvalue weighted by Gasteiger charge is 2.12. The molecule has 0 saturated heterocycles. The molecule has 0 bridgehead atoms. The van der Waals surface area contributed by atoms with Crippen molar-refractivity contribution in [3.63, 3.8) is 0 Å². The maximum absolute atomic E-state index is 11.8. The van der Waals surface area contributed by atoms with Crippen LogP contribution in [-0.2, 0) is 16.0 Å². The molecule has 0 aliphatic heterocycles. The molecule has 1 aromatic heterocycles. The third-order valence-electron chi connectivity index (χ3n) is 3.67. The van der Waals surface area contributed by atoms with E-state index in [0.717, 1.165) is 11.3 Å². The number of amides is 2. The van der Waals surface area contributed by atoms with Crippen molar-refractivity contribution in [2.45, 2.75) is 26.7 Å². The number of nitrogens with zero attached hydrogens (tertiary/aromatic N) is 1. The molecule has 25 heavy (non-hydrogen) atoms. The molecule has 1 heterocycles. The molecular weight excluding hydrogens is 324 g/mol. The van der Waals surface area contributed by atoms with Gasteiger partial charge in [-0.05, 0) is 32.4 Å². The van der Waals surface area contributed by atoms with Gasteiger partial charge in [0, 0.05) is 12.0 Å². The van der Waals surface area contributed by atoms with E-state index in [1.165, 1.54) is 0 Å². The van der Waals surface area contributed by atoms with E-state index in [0.29, 0.717) is 23.6 Å². The lowest BCUT2D eigenvalue weighted by Gasteiger charge is -2.11. The number of aromatic nitrogens is 1. The number of hydrogen-bond donors (Lipinski definition) is 3. The number of hydrazine groups is 1. The molecule has 0 spiro atoms. The second-order valence-corrected chi connectivity index (χ2v) is 5.45. The minimum Gasteiger partial charge on any atom is -0.495 e. The summed E-state index contributed by atoms with van der Waals surface area (Å²) in [6, 6.07) is 7.26. The van der Waals surface area contributed by atoms with Gasteiger partial charge in [0.1, 0.15) is 11.5 Å². The number of methoxy groups -OCH3 is 1. The predicted molar refractivity (Wildman–Crippen MR) is 92.1 cm³/mol. The van der Waals surface area contributed by atoms with E-state index in [1.807, 2.05) is 19.1 Å². The van der Waals surface area contributed by atoms with Crippen LogP contribution in [0, 0.1) is 13.8 Å². The Morgan fingerprint density at radius 1 is 1.16 bits per heavy atom. The highest BCUT2D eigenvalue weighted by molar-refractivity contribution is 5.84. The average Bonchev–Trinajstić information content (AvgIpc) is 2.94. The zero-order chi connectivity index (χ0) is 18.2. The van der Waals surface area contributed by atoms with Gasteiger partial charge in [-0.2, -0.15) is 0 Å². The number of anilines is 1. The molecule has 3 N–H and O–H groups in total. The first-order valence-electron chi connectivity index (χ1n) is 7.87. The Bertz CT molecular complexity index is 722. The fraction of sp³-hybridized carbons (Fsp3) is 0.353. The van der Waals surface area contributed by atoms with Crippen LogP contribution in [0.25, 0.3) is 0 Å². The zero-order valence-corrected chi connectivity index (χ0v) is 14.5. The summed E-state index contributed by atoms with van der Waals surface area (Å²) in [5, 5.41) is 6.79. The fourth-order valence-corrected chi connectivity index (χ4v) is 2.31. The molecule has 0 unspecified atom stereocenters.